The lowest BCUT2D eigenvalue weighted by Crippen LogP contribution is -2.52. The zero-order valence-corrected chi connectivity index (χ0v) is 14.0. The van der Waals surface area contributed by atoms with Gasteiger partial charge in [-0.05, 0) is 46.0 Å². The Bertz CT molecular complexity index is 380. The van der Waals surface area contributed by atoms with Crippen LogP contribution in [0.1, 0.15) is 46.0 Å². The molecule has 2 heterocycles. The Morgan fingerprint density at radius 3 is 2.91 bits per heavy atom. The number of likely N-dealkylation sites (tertiary alicyclic amines) is 1. The summed E-state index contributed by atoms with van der Waals surface area (Å²) in [5, 5.41) is 3.10. The van der Waals surface area contributed by atoms with Gasteiger partial charge in [0.05, 0.1) is 13.2 Å². The third kappa shape index (κ3) is 4.46. The summed E-state index contributed by atoms with van der Waals surface area (Å²) >= 11 is 0. The Morgan fingerprint density at radius 1 is 1.50 bits per heavy atom. The summed E-state index contributed by atoms with van der Waals surface area (Å²) in [5.74, 6) is -0.264. The Balaban J connectivity index is 1.81. The van der Waals surface area contributed by atoms with E-state index < -0.39 is 5.79 Å². The molecule has 2 aliphatic rings. The molecule has 2 unspecified atom stereocenters. The van der Waals surface area contributed by atoms with E-state index in [4.69, 9.17) is 9.47 Å². The molecule has 0 bridgehead atoms. The fraction of sp³-hybridized carbons (Fsp3) is 0.824. The SMILES string of the molecule is C=CCCCC(C)NC(=O)N1CCCC(C2(C)OCCO2)C1. The Kier molecular flexibility index (Phi) is 6.26. The molecular formula is C17H30N2O3. The summed E-state index contributed by atoms with van der Waals surface area (Å²) in [6.07, 6.45) is 7.03. The third-order valence-corrected chi connectivity index (χ3v) is 4.73. The lowest BCUT2D eigenvalue weighted by Gasteiger charge is -2.40. The maximum Gasteiger partial charge on any atom is 0.317 e. The molecule has 2 atom stereocenters. The van der Waals surface area contributed by atoms with Gasteiger partial charge in [-0.3, -0.25) is 0 Å². The number of hydrogen-bond acceptors (Lipinski definition) is 3. The molecule has 0 aromatic carbocycles. The van der Waals surface area contributed by atoms with Crippen molar-refractivity contribution in [3.63, 3.8) is 0 Å². The summed E-state index contributed by atoms with van der Waals surface area (Å²) in [5.41, 5.74) is 0. The van der Waals surface area contributed by atoms with Crippen molar-refractivity contribution in [1.29, 1.82) is 0 Å². The predicted octanol–water partition coefficient (Wildman–Crippen LogP) is 2.92. The fourth-order valence-electron chi connectivity index (χ4n) is 3.30. The minimum atomic E-state index is -0.519. The number of hydrogen-bond donors (Lipinski definition) is 1. The lowest BCUT2D eigenvalue weighted by atomic mass is 9.90. The first-order valence-corrected chi connectivity index (χ1v) is 8.49. The number of carbonyl (C=O) groups excluding carboxylic acids is 1. The number of allylic oxidation sites excluding steroid dienone is 1. The van der Waals surface area contributed by atoms with Crippen LogP contribution in [0.5, 0.6) is 0 Å². The number of nitrogens with one attached hydrogen (secondary N) is 1. The zero-order valence-electron chi connectivity index (χ0n) is 14.0. The number of carbonyl (C=O) groups is 1. The quantitative estimate of drug-likeness (QED) is 0.606. The lowest BCUT2D eigenvalue weighted by molar-refractivity contribution is -0.189. The second kappa shape index (κ2) is 7.97. The molecule has 2 amide bonds. The van der Waals surface area contributed by atoms with Crippen LogP contribution in [0.3, 0.4) is 0 Å². The van der Waals surface area contributed by atoms with Gasteiger partial charge in [0.25, 0.3) is 0 Å². The number of rotatable bonds is 6. The summed E-state index contributed by atoms with van der Waals surface area (Å²) in [7, 11) is 0. The van der Waals surface area contributed by atoms with E-state index >= 15 is 0 Å². The van der Waals surface area contributed by atoms with E-state index in [-0.39, 0.29) is 18.0 Å². The highest BCUT2D eigenvalue weighted by atomic mass is 16.7. The molecular weight excluding hydrogens is 280 g/mol. The van der Waals surface area contributed by atoms with Gasteiger partial charge in [0, 0.05) is 25.0 Å². The highest BCUT2D eigenvalue weighted by Crippen LogP contribution is 2.34. The molecule has 0 saturated carbocycles. The second-order valence-corrected chi connectivity index (χ2v) is 6.57. The predicted molar refractivity (Wildman–Crippen MR) is 86.6 cm³/mol. The number of unbranched alkanes of at least 4 members (excludes halogenated alkanes) is 1. The molecule has 5 nitrogen and oxygen atoms in total. The topological polar surface area (TPSA) is 50.8 Å². The van der Waals surface area contributed by atoms with Crippen molar-refractivity contribution < 1.29 is 14.3 Å². The molecule has 2 saturated heterocycles. The van der Waals surface area contributed by atoms with Crippen molar-refractivity contribution in [2.75, 3.05) is 26.3 Å². The highest BCUT2D eigenvalue weighted by Gasteiger charge is 2.42. The van der Waals surface area contributed by atoms with E-state index in [2.05, 4.69) is 18.8 Å². The van der Waals surface area contributed by atoms with Crippen molar-refractivity contribution >= 4 is 6.03 Å². The highest BCUT2D eigenvalue weighted by molar-refractivity contribution is 5.74. The second-order valence-electron chi connectivity index (χ2n) is 6.57. The maximum absolute atomic E-state index is 12.4. The van der Waals surface area contributed by atoms with Crippen LogP contribution in [0.25, 0.3) is 0 Å². The average Bonchev–Trinajstić information content (AvgIpc) is 2.96. The van der Waals surface area contributed by atoms with Gasteiger partial charge in [0.1, 0.15) is 0 Å². The number of urea groups is 1. The van der Waals surface area contributed by atoms with Gasteiger partial charge < -0.3 is 19.7 Å². The summed E-state index contributed by atoms with van der Waals surface area (Å²) in [4.78, 5) is 14.3. The molecule has 22 heavy (non-hydrogen) atoms. The molecule has 2 aliphatic heterocycles. The van der Waals surface area contributed by atoms with Crippen LogP contribution in [0.4, 0.5) is 4.79 Å². The van der Waals surface area contributed by atoms with Crippen LogP contribution in [0.2, 0.25) is 0 Å². The summed E-state index contributed by atoms with van der Waals surface area (Å²) < 4.78 is 11.5. The smallest absolute Gasteiger partial charge is 0.317 e. The van der Waals surface area contributed by atoms with E-state index in [0.717, 1.165) is 38.6 Å². The molecule has 0 radical (unpaired) electrons. The van der Waals surface area contributed by atoms with Gasteiger partial charge in [-0.2, -0.15) is 0 Å². The Morgan fingerprint density at radius 2 is 2.23 bits per heavy atom. The Labute approximate surface area is 134 Å². The molecule has 0 aromatic heterocycles. The molecule has 2 fully saturated rings. The first kappa shape index (κ1) is 17.3. The van der Waals surface area contributed by atoms with E-state index in [1.807, 2.05) is 17.9 Å². The van der Waals surface area contributed by atoms with E-state index in [1.54, 1.807) is 0 Å². The van der Waals surface area contributed by atoms with Gasteiger partial charge in [0.15, 0.2) is 5.79 Å². The van der Waals surface area contributed by atoms with Crippen LogP contribution < -0.4 is 5.32 Å². The molecule has 2 rings (SSSR count). The van der Waals surface area contributed by atoms with Gasteiger partial charge in [0.2, 0.25) is 0 Å². The van der Waals surface area contributed by atoms with Crippen LogP contribution >= 0.6 is 0 Å². The van der Waals surface area contributed by atoms with Crippen LogP contribution in [0.15, 0.2) is 12.7 Å². The van der Waals surface area contributed by atoms with Crippen molar-refractivity contribution in [2.24, 2.45) is 5.92 Å². The van der Waals surface area contributed by atoms with Crippen molar-refractivity contribution in [1.82, 2.24) is 10.2 Å². The van der Waals surface area contributed by atoms with E-state index in [0.29, 0.717) is 19.8 Å². The number of piperidine rings is 1. The van der Waals surface area contributed by atoms with E-state index in [9.17, 15) is 4.79 Å². The maximum atomic E-state index is 12.4. The molecule has 5 heteroatoms. The first-order chi connectivity index (χ1) is 10.5. The molecule has 0 aromatic rings. The van der Waals surface area contributed by atoms with Gasteiger partial charge in [-0.1, -0.05) is 6.08 Å². The molecule has 126 valence electrons. The van der Waals surface area contributed by atoms with Gasteiger partial charge in [-0.15, -0.1) is 6.58 Å². The van der Waals surface area contributed by atoms with Crippen LogP contribution in [-0.4, -0.2) is 49.1 Å². The fourth-order valence-corrected chi connectivity index (χ4v) is 3.30. The molecule has 1 N–H and O–H groups in total. The van der Waals surface area contributed by atoms with Crippen molar-refractivity contribution in [2.45, 2.75) is 57.8 Å². The number of nitrogens with zero attached hydrogens (tertiary/aromatic N) is 1. The van der Waals surface area contributed by atoms with Crippen molar-refractivity contribution in [3.8, 4) is 0 Å². The third-order valence-electron chi connectivity index (χ3n) is 4.73. The monoisotopic (exact) mass is 310 g/mol. The van der Waals surface area contributed by atoms with Crippen LogP contribution in [0, 0.1) is 5.92 Å². The largest absolute Gasteiger partial charge is 0.347 e. The van der Waals surface area contributed by atoms with Crippen molar-refractivity contribution in [3.05, 3.63) is 12.7 Å². The molecule has 0 spiro atoms. The number of amides is 2. The number of ether oxygens (including phenoxy) is 2. The molecule has 0 aliphatic carbocycles. The van der Waals surface area contributed by atoms with Gasteiger partial charge >= 0.3 is 6.03 Å². The first-order valence-electron chi connectivity index (χ1n) is 8.49. The average molecular weight is 310 g/mol. The zero-order chi connectivity index (χ0) is 16.0. The van der Waals surface area contributed by atoms with E-state index in [1.165, 1.54) is 0 Å². The minimum Gasteiger partial charge on any atom is -0.347 e. The summed E-state index contributed by atoms with van der Waals surface area (Å²) in [6.45, 7) is 10.6. The Hall–Kier alpha value is -1.07. The minimum absolute atomic E-state index is 0.0393. The standard InChI is InChI=1S/C17H30N2O3/c1-4-5-6-8-14(2)18-16(20)19-10-7-9-15(13-19)17(3)21-11-12-22-17/h4,14-15H,1,5-13H2,2-3H3,(H,18,20). The van der Waals surface area contributed by atoms with Crippen LogP contribution in [-0.2, 0) is 9.47 Å². The summed E-state index contributed by atoms with van der Waals surface area (Å²) in [6, 6.07) is 0.236. The van der Waals surface area contributed by atoms with Gasteiger partial charge in [-0.25, -0.2) is 4.79 Å². The normalized spacial score (nSPS) is 25.7.